The Kier molecular flexibility index (Phi) is 5.28. The van der Waals surface area contributed by atoms with E-state index in [2.05, 4.69) is 33.5 Å². The molecule has 2 aromatic heterocycles. The number of hydrogen-bond acceptors (Lipinski definition) is 5. The molecule has 0 radical (unpaired) electrons. The second kappa shape index (κ2) is 8.55. The van der Waals surface area contributed by atoms with Gasteiger partial charge in [0, 0.05) is 18.1 Å². The molecular formula is C26H21N5O2. The van der Waals surface area contributed by atoms with Crippen molar-refractivity contribution in [1.82, 2.24) is 9.97 Å². The van der Waals surface area contributed by atoms with E-state index in [1.165, 1.54) is 18.0 Å². The van der Waals surface area contributed by atoms with Gasteiger partial charge in [0.1, 0.15) is 11.6 Å². The van der Waals surface area contributed by atoms with Gasteiger partial charge in [0.25, 0.3) is 11.8 Å². The maximum absolute atomic E-state index is 13.5. The second-order valence-electron chi connectivity index (χ2n) is 7.79. The molecule has 3 heterocycles. The van der Waals surface area contributed by atoms with E-state index in [-0.39, 0.29) is 17.3 Å². The van der Waals surface area contributed by atoms with Crippen LogP contribution < -0.4 is 16.0 Å². The summed E-state index contributed by atoms with van der Waals surface area (Å²) in [5, 5.41) is 2.69. The van der Waals surface area contributed by atoms with Gasteiger partial charge in [-0.05, 0) is 53.4 Å². The molecule has 162 valence electrons. The monoisotopic (exact) mass is 435 g/mol. The largest absolute Gasteiger partial charge is 0.383 e. The predicted octanol–water partition coefficient (Wildman–Crippen LogP) is 4.06. The van der Waals surface area contributed by atoms with E-state index >= 15 is 0 Å². The Morgan fingerprint density at radius 1 is 0.848 bits per heavy atom. The van der Waals surface area contributed by atoms with Crippen molar-refractivity contribution in [3.8, 4) is 0 Å². The Morgan fingerprint density at radius 3 is 2.36 bits per heavy atom. The zero-order valence-corrected chi connectivity index (χ0v) is 17.7. The number of hydrogen-bond donors (Lipinski definition) is 2. The Bertz CT molecular complexity index is 1350. The highest BCUT2D eigenvalue weighted by Gasteiger charge is 2.25. The van der Waals surface area contributed by atoms with Crippen LogP contribution in [-0.4, -0.2) is 21.8 Å². The van der Waals surface area contributed by atoms with Crippen LogP contribution in [0.3, 0.4) is 0 Å². The third-order valence-electron chi connectivity index (χ3n) is 5.69. The Hall–Kier alpha value is -4.52. The smallest absolute Gasteiger partial charge is 0.260 e. The van der Waals surface area contributed by atoms with Crippen molar-refractivity contribution < 1.29 is 9.59 Å². The number of nitrogens with one attached hydrogen (secondary N) is 1. The normalized spacial score (nSPS) is 12.3. The second-order valence-corrected chi connectivity index (χ2v) is 7.79. The quantitative estimate of drug-likeness (QED) is 0.505. The van der Waals surface area contributed by atoms with Crippen molar-refractivity contribution in [2.24, 2.45) is 0 Å². The number of pyridine rings is 2. The van der Waals surface area contributed by atoms with E-state index in [0.29, 0.717) is 17.9 Å². The lowest BCUT2D eigenvalue weighted by Gasteiger charge is -2.23. The highest BCUT2D eigenvalue weighted by Crippen LogP contribution is 2.31. The third kappa shape index (κ3) is 4.04. The van der Waals surface area contributed by atoms with Gasteiger partial charge in [0.15, 0.2) is 0 Å². The first kappa shape index (κ1) is 20.4. The predicted molar refractivity (Wildman–Crippen MR) is 127 cm³/mol. The number of aromatic nitrogens is 2. The van der Waals surface area contributed by atoms with Gasteiger partial charge in [-0.15, -0.1) is 0 Å². The lowest BCUT2D eigenvalue weighted by Crippen LogP contribution is -2.30. The summed E-state index contributed by atoms with van der Waals surface area (Å²) in [4.78, 5) is 35.9. The molecule has 7 heteroatoms. The average Bonchev–Trinajstić information content (AvgIpc) is 3.01. The van der Waals surface area contributed by atoms with E-state index in [4.69, 9.17) is 5.73 Å². The minimum atomic E-state index is -0.412. The van der Waals surface area contributed by atoms with Crippen LogP contribution in [-0.2, 0) is 13.0 Å². The minimum absolute atomic E-state index is 0.141. The zero-order valence-electron chi connectivity index (χ0n) is 17.7. The molecule has 0 saturated carbocycles. The maximum atomic E-state index is 13.5. The molecule has 0 aliphatic carbocycles. The number of fused-ring (bicyclic) bond motifs is 2. The fourth-order valence-corrected chi connectivity index (χ4v) is 3.99. The van der Waals surface area contributed by atoms with Crippen molar-refractivity contribution in [2.75, 3.05) is 16.0 Å². The molecule has 0 spiro atoms. The van der Waals surface area contributed by atoms with Crippen molar-refractivity contribution in [3.05, 3.63) is 113 Å². The summed E-state index contributed by atoms with van der Waals surface area (Å²) in [5.41, 5.74) is 10.8. The molecule has 0 bridgehead atoms. The molecule has 0 unspecified atom stereocenters. The van der Waals surface area contributed by atoms with Crippen LogP contribution in [0.25, 0.3) is 0 Å². The standard InChI is InChI=1S/C26H21N5O2/c27-24-21(9-5-13-28-24)25(32)30-23-12-11-19(15-29-23)26(33)31-16-20-8-2-1-6-17(20)14-18-7-3-4-10-22(18)31/h1-13,15H,14,16H2,(H2,27,28)(H,29,30,32). The van der Waals surface area contributed by atoms with Crippen LogP contribution >= 0.6 is 0 Å². The molecule has 3 N–H and O–H groups in total. The highest BCUT2D eigenvalue weighted by molar-refractivity contribution is 6.08. The third-order valence-corrected chi connectivity index (χ3v) is 5.69. The van der Waals surface area contributed by atoms with E-state index in [1.54, 1.807) is 29.2 Å². The fraction of sp³-hybridized carbons (Fsp3) is 0.0769. The Balaban J connectivity index is 1.40. The molecule has 0 fully saturated rings. The Morgan fingerprint density at radius 2 is 1.61 bits per heavy atom. The number of carbonyl (C=O) groups is 2. The van der Waals surface area contributed by atoms with Crippen LogP contribution in [0.2, 0.25) is 0 Å². The molecule has 1 aliphatic heterocycles. The number of nitrogens with two attached hydrogens (primary N) is 1. The molecule has 0 saturated heterocycles. The first-order valence-corrected chi connectivity index (χ1v) is 10.5. The topological polar surface area (TPSA) is 101 Å². The van der Waals surface area contributed by atoms with E-state index in [0.717, 1.165) is 23.2 Å². The van der Waals surface area contributed by atoms with Gasteiger partial charge >= 0.3 is 0 Å². The van der Waals surface area contributed by atoms with Crippen LogP contribution in [0, 0.1) is 0 Å². The summed E-state index contributed by atoms with van der Waals surface area (Å²) in [6.07, 6.45) is 3.77. The number of benzene rings is 2. The molecule has 33 heavy (non-hydrogen) atoms. The zero-order chi connectivity index (χ0) is 22.8. The first-order valence-electron chi connectivity index (χ1n) is 10.5. The molecular weight excluding hydrogens is 414 g/mol. The van der Waals surface area contributed by atoms with Crippen molar-refractivity contribution in [2.45, 2.75) is 13.0 Å². The number of carbonyl (C=O) groups excluding carboxylic acids is 2. The molecule has 1 aliphatic rings. The minimum Gasteiger partial charge on any atom is -0.383 e. The molecule has 5 rings (SSSR count). The number of para-hydroxylation sites is 1. The van der Waals surface area contributed by atoms with Crippen LogP contribution in [0.1, 0.15) is 37.4 Å². The maximum Gasteiger partial charge on any atom is 0.260 e. The van der Waals surface area contributed by atoms with Gasteiger partial charge in [-0.2, -0.15) is 0 Å². The fourth-order valence-electron chi connectivity index (χ4n) is 3.99. The van der Waals surface area contributed by atoms with Gasteiger partial charge in [0.05, 0.1) is 17.7 Å². The van der Waals surface area contributed by atoms with E-state index in [1.807, 2.05) is 30.3 Å². The summed E-state index contributed by atoms with van der Waals surface area (Å²) in [7, 11) is 0. The van der Waals surface area contributed by atoms with Gasteiger partial charge in [-0.1, -0.05) is 42.5 Å². The Labute approximate surface area is 190 Å². The van der Waals surface area contributed by atoms with E-state index < -0.39 is 5.91 Å². The summed E-state index contributed by atoms with van der Waals surface area (Å²) >= 11 is 0. The van der Waals surface area contributed by atoms with E-state index in [9.17, 15) is 9.59 Å². The summed E-state index contributed by atoms with van der Waals surface area (Å²) in [6.45, 7) is 0.477. The SMILES string of the molecule is Nc1ncccc1C(=O)Nc1ccc(C(=O)N2Cc3ccccc3Cc3ccccc32)cn1. The van der Waals surface area contributed by atoms with Crippen LogP contribution in [0.4, 0.5) is 17.3 Å². The summed E-state index contributed by atoms with van der Waals surface area (Å²) < 4.78 is 0. The molecule has 4 aromatic rings. The van der Waals surface area contributed by atoms with Gasteiger partial charge < -0.3 is 16.0 Å². The molecule has 2 amide bonds. The number of anilines is 3. The van der Waals surface area contributed by atoms with Gasteiger partial charge in [-0.25, -0.2) is 9.97 Å². The number of rotatable bonds is 3. The van der Waals surface area contributed by atoms with Gasteiger partial charge in [0.2, 0.25) is 0 Å². The van der Waals surface area contributed by atoms with Crippen molar-refractivity contribution >= 4 is 29.1 Å². The number of nitrogens with zero attached hydrogens (tertiary/aromatic N) is 3. The lowest BCUT2D eigenvalue weighted by atomic mass is 10.0. The van der Waals surface area contributed by atoms with Crippen LogP contribution in [0.15, 0.2) is 85.2 Å². The lowest BCUT2D eigenvalue weighted by molar-refractivity contribution is 0.0984. The number of amides is 2. The highest BCUT2D eigenvalue weighted by atomic mass is 16.2. The first-order chi connectivity index (χ1) is 16.1. The van der Waals surface area contributed by atoms with Crippen molar-refractivity contribution in [1.29, 1.82) is 0 Å². The molecule has 7 nitrogen and oxygen atoms in total. The molecule has 2 aromatic carbocycles. The molecule has 0 atom stereocenters. The number of nitrogen functional groups attached to an aromatic ring is 1. The van der Waals surface area contributed by atoms with Crippen LogP contribution in [0.5, 0.6) is 0 Å². The van der Waals surface area contributed by atoms with Crippen molar-refractivity contribution in [3.63, 3.8) is 0 Å². The summed E-state index contributed by atoms with van der Waals surface area (Å²) in [6, 6.07) is 22.6. The average molecular weight is 435 g/mol. The van der Waals surface area contributed by atoms with Gasteiger partial charge in [-0.3, -0.25) is 9.59 Å². The summed E-state index contributed by atoms with van der Waals surface area (Å²) in [5.74, 6) is -0.102.